The first-order valence-electron chi connectivity index (χ1n) is 18.3. The summed E-state index contributed by atoms with van der Waals surface area (Å²) in [4.78, 5) is 5.21. The summed E-state index contributed by atoms with van der Waals surface area (Å²) in [6, 6.07) is 43.7. The van der Waals surface area contributed by atoms with Crippen molar-refractivity contribution in [3.05, 3.63) is 138 Å². The van der Waals surface area contributed by atoms with E-state index in [4.69, 9.17) is 0 Å². The first-order valence-corrected chi connectivity index (χ1v) is 18.3. The molecule has 1 fully saturated rings. The summed E-state index contributed by atoms with van der Waals surface area (Å²) >= 11 is 0. The molecule has 7 rings (SSSR count). The number of fused-ring (bicyclic) bond motifs is 3. The average Bonchev–Trinajstić information content (AvgIpc) is 3.27. The highest BCUT2D eigenvalue weighted by molar-refractivity contribution is 5.85. The molecule has 0 aromatic heterocycles. The summed E-state index contributed by atoms with van der Waals surface area (Å²) in [5.74, 6) is 0. The van der Waals surface area contributed by atoms with Crippen LogP contribution in [-0.2, 0) is 16.2 Å². The molecule has 2 unspecified atom stereocenters. The number of hydrogen-bond acceptors (Lipinski definition) is 2. The normalized spacial score (nSPS) is 20.6. The Labute approximate surface area is 295 Å². The second-order valence-electron chi connectivity index (χ2n) is 17.2. The molecule has 0 N–H and O–H groups in total. The van der Waals surface area contributed by atoms with Gasteiger partial charge in [-0.1, -0.05) is 122 Å². The van der Waals surface area contributed by atoms with Crippen LogP contribution in [0, 0.1) is 6.92 Å². The third-order valence-electron chi connectivity index (χ3n) is 11.7. The minimum atomic E-state index is -0.0307. The monoisotopic (exact) mass is 646 g/mol. The average molecular weight is 647 g/mol. The van der Waals surface area contributed by atoms with Gasteiger partial charge in [0, 0.05) is 33.9 Å². The third-order valence-corrected chi connectivity index (χ3v) is 11.7. The standard InChI is InChI=1S/C47H54N2/c1-33-27-40(48(38-21-15-19-36(30-38)44(2,3)4)39-22-16-20-37(31-39)45(5,6)7)32-41(28-33)49-43-24-23-35(34-17-11-10-12-18-34)29-42(43)46(8)25-13-14-26-47(46,49)9/h10-12,15-24,27-32H,13-14,25-26H2,1-9H3. The molecule has 0 radical (unpaired) electrons. The molecule has 1 aliphatic heterocycles. The molecule has 2 heteroatoms. The second kappa shape index (κ2) is 11.9. The largest absolute Gasteiger partial charge is 0.334 e. The molecule has 0 spiro atoms. The first-order chi connectivity index (χ1) is 23.2. The number of rotatable bonds is 5. The fourth-order valence-electron chi connectivity index (χ4n) is 8.62. The van der Waals surface area contributed by atoms with E-state index in [1.165, 1.54) is 87.5 Å². The summed E-state index contributed by atoms with van der Waals surface area (Å²) in [7, 11) is 0. The maximum absolute atomic E-state index is 2.72. The van der Waals surface area contributed by atoms with Gasteiger partial charge >= 0.3 is 0 Å². The Hall–Kier alpha value is -4.30. The van der Waals surface area contributed by atoms with E-state index in [2.05, 4.69) is 187 Å². The van der Waals surface area contributed by atoms with Crippen LogP contribution in [0.1, 0.15) is 103 Å². The molecule has 1 saturated carbocycles. The van der Waals surface area contributed by atoms with Gasteiger partial charge in [-0.15, -0.1) is 0 Å². The van der Waals surface area contributed by atoms with Crippen LogP contribution < -0.4 is 9.80 Å². The van der Waals surface area contributed by atoms with E-state index < -0.39 is 0 Å². The molecule has 1 aliphatic carbocycles. The minimum absolute atomic E-state index is 0.0307. The zero-order valence-corrected chi connectivity index (χ0v) is 31.2. The lowest BCUT2D eigenvalue weighted by molar-refractivity contribution is 0.195. The van der Waals surface area contributed by atoms with Crippen LogP contribution in [0.25, 0.3) is 11.1 Å². The predicted molar refractivity (Wildman–Crippen MR) is 212 cm³/mol. The minimum Gasteiger partial charge on any atom is -0.334 e. The summed E-state index contributed by atoms with van der Waals surface area (Å²) in [6.07, 6.45) is 4.91. The molecule has 2 atom stereocenters. The Morgan fingerprint density at radius 2 is 1.18 bits per heavy atom. The van der Waals surface area contributed by atoms with Crippen LogP contribution >= 0.6 is 0 Å². The Kier molecular flexibility index (Phi) is 8.09. The van der Waals surface area contributed by atoms with E-state index in [1.807, 2.05) is 0 Å². The van der Waals surface area contributed by atoms with Crippen molar-refractivity contribution in [2.24, 2.45) is 0 Å². The summed E-state index contributed by atoms with van der Waals surface area (Å²) in [5, 5.41) is 0. The van der Waals surface area contributed by atoms with Gasteiger partial charge < -0.3 is 9.80 Å². The molecule has 5 aromatic carbocycles. The molecule has 252 valence electrons. The highest BCUT2D eigenvalue weighted by Gasteiger charge is 2.57. The summed E-state index contributed by atoms with van der Waals surface area (Å²) in [6.45, 7) is 21.2. The lowest BCUT2D eigenvalue weighted by atomic mass is 9.61. The van der Waals surface area contributed by atoms with Crippen LogP contribution in [0.15, 0.2) is 115 Å². The number of nitrogens with zero attached hydrogens (tertiary/aromatic N) is 2. The van der Waals surface area contributed by atoms with Crippen LogP contribution in [-0.4, -0.2) is 5.54 Å². The Bertz CT molecular complexity index is 1930. The van der Waals surface area contributed by atoms with Crippen LogP contribution in [0.2, 0.25) is 0 Å². The van der Waals surface area contributed by atoms with Crippen molar-refractivity contribution in [3.8, 4) is 11.1 Å². The van der Waals surface area contributed by atoms with Crippen molar-refractivity contribution in [2.75, 3.05) is 9.80 Å². The Morgan fingerprint density at radius 1 is 0.571 bits per heavy atom. The number of anilines is 5. The molecule has 49 heavy (non-hydrogen) atoms. The molecule has 0 bridgehead atoms. The van der Waals surface area contributed by atoms with E-state index in [0.29, 0.717) is 0 Å². The van der Waals surface area contributed by atoms with Crippen molar-refractivity contribution < 1.29 is 0 Å². The molecule has 1 heterocycles. The van der Waals surface area contributed by atoms with Gasteiger partial charge in [-0.05, 0) is 125 Å². The highest BCUT2D eigenvalue weighted by Crippen LogP contribution is 2.61. The van der Waals surface area contributed by atoms with E-state index in [0.717, 1.165) is 0 Å². The quantitative estimate of drug-likeness (QED) is 0.187. The van der Waals surface area contributed by atoms with Gasteiger partial charge in [-0.2, -0.15) is 0 Å². The SMILES string of the molecule is Cc1cc(N(c2cccc(C(C)(C)C)c2)c2cccc(C(C)(C)C)c2)cc(N2c3ccc(-c4ccccc4)cc3C3(C)CCCCC23C)c1. The van der Waals surface area contributed by atoms with E-state index in [-0.39, 0.29) is 21.8 Å². The van der Waals surface area contributed by atoms with Gasteiger partial charge in [0.2, 0.25) is 0 Å². The third kappa shape index (κ3) is 5.78. The number of benzene rings is 5. The van der Waals surface area contributed by atoms with Crippen molar-refractivity contribution in [1.82, 2.24) is 0 Å². The molecule has 2 nitrogen and oxygen atoms in total. The van der Waals surface area contributed by atoms with E-state index in [1.54, 1.807) is 0 Å². The van der Waals surface area contributed by atoms with Crippen molar-refractivity contribution >= 4 is 28.4 Å². The van der Waals surface area contributed by atoms with Gasteiger partial charge in [0.05, 0.1) is 5.54 Å². The molecular weight excluding hydrogens is 593 g/mol. The zero-order valence-electron chi connectivity index (χ0n) is 31.2. The highest BCUT2D eigenvalue weighted by atomic mass is 15.3. The zero-order chi connectivity index (χ0) is 34.8. The lowest BCUT2D eigenvalue weighted by Crippen LogP contribution is -2.54. The fourth-order valence-corrected chi connectivity index (χ4v) is 8.62. The molecule has 0 amide bonds. The molecule has 5 aromatic rings. The maximum atomic E-state index is 2.72. The van der Waals surface area contributed by atoms with Crippen molar-refractivity contribution in [2.45, 2.75) is 110 Å². The smallest absolute Gasteiger partial charge is 0.0517 e. The maximum Gasteiger partial charge on any atom is 0.0517 e. The second-order valence-corrected chi connectivity index (χ2v) is 17.2. The Morgan fingerprint density at radius 3 is 1.80 bits per heavy atom. The predicted octanol–water partition coefficient (Wildman–Crippen LogP) is 13.5. The van der Waals surface area contributed by atoms with Crippen molar-refractivity contribution in [1.29, 1.82) is 0 Å². The first kappa shape index (κ1) is 33.2. The summed E-state index contributed by atoms with van der Waals surface area (Å²) < 4.78 is 0. The van der Waals surface area contributed by atoms with Gasteiger partial charge in [0.25, 0.3) is 0 Å². The topological polar surface area (TPSA) is 6.48 Å². The van der Waals surface area contributed by atoms with Gasteiger partial charge in [0.1, 0.15) is 0 Å². The molecule has 2 aliphatic rings. The lowest BCUT2D eigenvalue weighted by Gasteiger charge is -2.50. The van der Waals surface area contributed by atoms with Crippen LogP contribution in [0.5, 0.6) is 0 Å². The fraction of sp³-hybridized carbons (Fsp3) is 0.362. The van der Waals surface area contributed by atoms with Gasteiger partial charge in [-0.25, -0.2) is 0 Å². The van der Waals surface area contributed by atoms with E-state index in [9.17, 15) is 0 Å². The van der Waals surface area contributed by atoms with Crippen molar-refractivity contribution in [3.63, 3.8) is 0 Å². The number of aryl methyl sites for hydroxylation is 1. The van der Waals surface area contributed by atoms with E-state index >= 15 is 0 Å². The van der Waals surface area contributed by atoms with Gasteiger partial charge in [-0.3, -0.25) is 0 Å². The molecule has 0 saturated heterocycles. The molecular formula is C47H54N2. The number of hydrogen-bond donors (Lipinski definition) is 0. The Balaban J connectivity index is 1.43. The van der Waals surface area contributed by atoms with Gasteiger partial charge in [0.15, 0.2) is 0 Å². The van der Waals surface area contributed by atoms with Crippen LogP contribution in [0.4, 0.5) is 28.4 Å². The van der Waals surface area contributed by atoms with Crippen LogP contribution in [0.3, 0.4) is 0 Å². The summed E-state index contributed by atoms with van der Waals surface area (Å²) in [5.41, 5.74) is 14.4.